The zero-order valence-electron chi connectivity index (χ0n) is 30.2. The number of phenols is 1. The molecule has 53 heavy (non-hydrogen) atoms. The van der Waals surface area contributed by atoms with Crippen LogP contribution < -0.4 is 0 Å². The van der Waals surface area contributed by atoms with Gasteiger partial charge in [-0.15, -0.1) is 0 Å². The van der Waals surface area contributed by atoms with E-state index in [0.717, 1.165) is 48.5 Å². The van der Waals surface area contributed by atoms with E-state index < -0.39 is 128 Å². The number of aromatic hydroxyl groups is 1. The summed E-state index contributed by atoms with van der Waals surface area (Å²) in [5.74, 6) is -7.22. The van der Waals surface area contributed by atoms with Gasteiger partial charge in [0.2, 0.25) is 0 Å². The van der Waals surface area contributed by atoms with Gasteiger partial charge in [-0.1, -0.05) is 12.1 Å². The third-order valence-corrected chi connectivity index (χ3v) is 7.66. The predicted octanol–water partition coefficient (Wildman–Crippen LogP) is 0.930. The molecule has 2 saturated heterocycles. The summed E-state index contributed by atoms with van der Waals surface area (Å²) in [6.45, 7) is 7.23. The second-order valence-corrected chi connectivity index (χ2v) is 12.0. The predicted molar refractivity (Wildman–Crippen MR) is 170 cm³/mol. The smallest absolute Gasteiger partial charge is 0.303 e. The Hall–Kier alpha value is -5.14. The fourth-order valence-corrected chi connectivity index (χ4v) is 5.94. The topological polar surface area (TPSA) is 249 Å². The first-order chi connectivity index (χ1) is 24.8. The van der Waals surface area contributed by atoms with Crippen LogP contribution in [0.2, 0.25) is 0 Å². The highest BCUT2D eigenvalue weighted by Crippen LogP contribution is 2.42. The first-order valence-electron chi connectivity index (χ1n) is 16.2. The second kappa shape index (κ2) is 18.6. The Morgan fingerprint density at radius 3 is 1.45 bits per heavy atom. The van der Waals surface area contributed by atoms with Crippen molar-refractivity contribution in [2.24, 2.45) is 0 Å². The molecule has 2 heterocycles. The Morgan fingerprint density at radius 2 is 0.981 bits per heavy atom. The lowest BCUT2D eigenvalue weighted by atomic mass is 9.87. The molecule has 0 saturated carbocycles. The van der Waals surface area contributed by atoms with Gasteiger partial charge in [-0.25, -0.2) is 0 Å². The minimum Gasteiger partial charge on any atom is -0.507 e. The summed E-state index contributed by atoms with van der Waals surface area (Å²) in [6, 6.07) is 4.01. The van der Waals surface area contributed by atoms with Gasteiger partial charge in [0.15, 0.2) is 42.6 Å². The fraction of sp³-hybridized carbons (Fsp3) is 0.588. The zero-order valence-corrected chi connectivity index (χ0v) is 30.2. The summed E-state index contributed by atoms with van der Waals surface area (Å²) in [5.41, 5.74) is -0.221. The normalized spacial score (nSPS) is 28.0. The van der Waals surface area contributed by atoms with Gasteiger partial charge in [0, 0.05) is 48.5 Å². The summed E-state index contributed by atoms with van der Waals surface area (Å²) >= 11 is 0. The van der Waals surface area contributed by atoms with Crippen LogP contribution in [0.15, 0.2) is 18.2 Å². The number of hydrogen-bond donors (Lipinski definition) is 1. The number of rotatable bonds is 13. The average molecular weight is 755 g/mol. The van der Waals surface area contributed by atoms with Crippen molar-refractivity contribution in [1.29, 1.82) is 0 Å². The van der Waals surface area contributed by atoms with Crippen molar-refractivity contribution < 1.29 is 90.8 Å². The molecule has 1 aromatic rings. The Bertz CT molecular complexity index is 1570. The van der Waals surface area contributed by atoms with Crippen molar-refractivity contribution >= 4 is 47.6 Å². The number of esters is 7. The van der Waals surface area contributed by atoms with E-state index in [2.05, 4.69) is 0 Å². The Balaban J connectivity index is 2.27. The highest BCUT2D eigenvalue weighted by atomic mass is 16.8. The molecule has 10 atom stereocenters. The van der Waals surface area contributed by atoms with Crippen molar-refractivity contribution in [3.05, 3.63) is 29.3 Å². The van der Waals surface area contributed by atoms with E-state index in [1.807, 2.05) is 0 Å². The number of carbonyl (C=O) groups is 8. The van der Waals surface area contributed by atoms with E-state index in [4.69, 9.17) is 47.4 Å². The number of Topliss-reactive ketones (excluding diaryl/α,β-unsaturated/α-hetero) is 1. The van der Waals surface area contributed by atoms with Gasteiger partial charge in [0.25, 0.3) is 0 Å². The number of hydrogen-bond acceptors (Lipinski definition) is 19. The molecule has 2 fully saturated rings. The molecule has 2 aliphatic heterocycles. The molecular weight excluding hydrogens is 712 g/mol. The maximum Gasteiger partial charge on any atom is 0.303 e. The molecule has 3 rings (SSSR count). The molecule has 292 valence electrons. The van der Waals surface area contributed by atoms with Gasteiger partial charge < -0.3 is 52.5 Å². The van der Waals surface area contributed by atoms with Crippen LogP contribution in [0.4, 0.5) is 0 Å². The minimum absolute atomic E-state index is 0.000487. The number of carbonyl (C=O) groups excluding carboxylic acids is 8. The van der Waals surface area contributed by atoms with Gasteiger partial charge >= 0.3 is 41.8 Å². The van der Waals surface area contributed by atoms with Gasteiger partial charge in [-0.3, -0.25) is 38.4 Å². The SMILES string of the molecule is CC(=O)OC[C@H]1O[C@@H](c2cccc(O)c2C(C)=O)[C@H](OC(C)=O)[C@@H](OC(C)=O)[C@@H]1O[C@@H]1O[C@H](COC(C)=O)[C@@H](OC(C)=O)[C@H](OC(C)=O)[C@H]1OC(C)=O. The minimum atomic E-state index is -1.86. The molecule has 0 bridgehead atoms. The first-order valence-corrected chi connectivity index (χ1v) is 16.2. The molecule has 1 N–H and O–H groups in total. The molecule has 19 nitrogen and oxygen atoms in total. The third-order valence-electron chi connectivity index (χ3n) is 7.66. The lowest BCUT2D eigenvalue weighted by Crippen LogP contribution is -2.66. The summed E-state index contributed by atoms with van der Waals surface area (Å²) in [4.78, 5) is 98.8. The first kappa shape index (κ1) is 42.3. The van der Waals surface area contributed by atoms with E-state index in [0.29, 0.717) is 0 Å². The second-order valence-electron chi connectivity index (χ2n) is 12.0. The molecule has 2 aliphatic rings. The monoisotopic (exact) mass is 754 g/mol. The molecule has 1 aromatic carbocycles. The Labute approximate surface area is 303 Å². The summed E-state index contributed by atoms with van der Waals surface area (Å²) in [7, 11) is 0. The standard InChI is InChI=1S/C34H42O19/c1-14(35)26-22(10-9-11-23(26)43)27-30(47-18(5)39)31(48-19(6)40)29(24(51-27)12-44-15(2)36)53-34-33(50-21(8)42)32(49-20(7)41)28(46-17(4)38)25(52-34)13-45-16(3)37/h9-11,24-25,27-34,43H,12-13H2,1-8H3/t24-,25-,27+,28-,29-,30+,31+,32+,33-,34+/m1/s1. The molecule has 19 heteroatoms. The number of ether oxygens (including phenoxy) is 10. The molecule has 0 radical (unpaired) electrons. The van der Waals surface area contributed by atoms with Crippen LogP contribution in [0.1, 0.15) is 77.4 Å². The molecule has 0 aromatic heterocycles. The number of ketones is 1. The fourth-order valence-electron chi connectivity index (χ4n) is 5.94. The highest BCUT2D eigenvalue weighted by Gasteiger charge is 2.57. The van der Waals surface area contributed by atoms with Crippen LogP contribution in [0.25, 0.3) is 0 Å². The number of benzene rings is 1. The summed E-state index contributed by atoms with van der Waals surface area (Å²) in [5, 5.41) is 10.6. The van der Waals surface area contributed by atoms with Crippen LogP contribution in [-0.2, 0) is 80.9 Å². The largest absolute Gasteiger partial charge is 0.507 e. The van der Waals surface area contributed by atoms with E-state index in [1.54, 1.807) is 0 Å². The van der Waals surface area contributed by atoms with Crippen molar-refractivity contribution in [1.82, 2.24) is 0 Å². The van der Waals surface area contributed by atoms with Crippen LogP contribution in [0, 0.1) is 0 Å². The molecule has 0 aliphatic carbocycles. The van der Waals surface area contributed by atoms with E-state index >= 15 is 0 Å². The van der Waals surface area contributed by atoms with Crippen molar-refractivity contribution in [3.8, 4) is 5.75 Å². The van der Waals surface area contributed by atoms with Gasteiger partial charge in [0.1, 0.15) is 43.4 Å². The maximum absolute atomic E-state index is 12.7. The van der Waals surface area contributed by atoms with E-state index in [9.17, 15) is 43.5 Å². The third kappa shape index (κ3) is 11.4. The molecule has 0 amide bonds. The van der Waals surface area contributed by atoms with Crippen LogP contribution >= 0.6 is 0 Å². The summed E-state index contributed by atoms with van der Waals surface area (Å²) in [6.07, 6.45) is -16.2. The summed E-state index contributed by atoms with van der Waals surface area (Å²) < 4.78 is 56.7. The molecule has 0 unspecified atom stereocenters. The average Bonchev–Trinajstić information content (AvgIpc) is 3.02. The van der Waals surface area contributed by atoms with Crippen molar-refractivity contribution in [2.75, 3.05) is 13.2 Å². The maximum atomic E-state index is 12.7. The van der Waals surface area contributed by atoms with E-state index in [-0.39, 0.29) is 11.1 Å². The van der Waals surface area contributed by atoms with Gasteiger partial charge in [-0.05, 0) is 18.6 Å². The highest BCUT2D eigenvalue weighted by molar-refractivity contribution is 5.98. The lowest BCUT2D eigenvalue weighted by Gasteiger charge is -2.49. The van der Waals surface area contributed by atoms with Crippen LogP contribution in [-0.4, -0.2) is 121 Å². The van der Waals surface area contributed by atoms with Crippen LogP contribution in [0.3, 0.4) is 0 Å². The van der Waals surface area contributed by atoms with Crippen molar-refractivity contribution in [3.63, 3.8) is 0 Å². The lowest BCUT2D eigenvalue weighted by molar-refractivity contribution is -0.345. The quantitative estimate of drug-likeness (QED) is 0.167. The van der Waals surface area contributed by atoms with Gasteiger partial charge in [0.05, 0.1) is 5.56 Å². The molecule has 0 spiro atoms. The Morgan fingerprint density at radius 1 is 0.547 bits per heavy atom. The number of phenolic OH excluding ortho intramolecular Hbond substituents is 1. The van der Waals surface area contributed by atoms with Gasteiger partial charge in [-0.2, -0.15) is 0 Å². The molecular formula is C34H42O19. The Kier molecular flexibility index (Phi) is 14.8. The van der Waals surface area contributed by atoms with Crippen LogP contribution in [0.5, 0.6) is 5.75 Å². The van der Waals surface area contributed by atoms with E-state index in [1.165, 1.54) is 25.1 Å². The zero-order chi connectivity index (χ0) is 39.7. The van der Waals surface area contributed by atoms with Crippen molar-refractivity contribution in [2.45, 2.75) is 117 Å².